The topological polar surface area (TPSA) is 0 Å². The van der Waals surface area contributed by atoms with Gasteiger partial charge in [-0.3, -0.25) is 0 Å². The van der Waals surface area contributed by atoms with Crippen molar-refractivity contribution in [1.82, 2.24) is 0 Å². The molecule has 0 unspecified atom stereocenters. The normalized spacial score (nSPS) is 13.1. The highest BCUT2D eigenvalue weighted by molar-refractivity contribution is 7.80. The first-order valence-corrected chi connectivity index (χ1v) is 16.5. The first-order chi connectivity index (χ1) is 18.9. The Morgan fingerprint density at radius 3 is 1.07 bits per heavy atom. The third kappa shape index (κ3) is 6.70. The number of benzene rings is 4. The smallest absolute Gasteiger partial charge is 0.00761 e. The van der Waals surface area contributed by atoms with E-state index in [1.807, 2.05) is 0 Å². The fourth-order valence-corrected chi connectivity index (χ4v) is 9.66. The highest BCUT2D eigenvalue weighted by Gasteiger charge is 2.36. The molecule has 4 aromatic rings. The van der Waals surface area contributed by atoms with Crippen LogP contribution in [0.25, 0.3) is 11.1 Å². The predicted octanol–water partition coefficient (Wildman–Crippen LogP) is 10.3. The number of hydrogen-bond donors (Lipinski definition) is 0. The van der Waals surface area contributed by atoms with E-state index in [4.69, 9.17) is 0 Å². The van der Waals surface area contributed by atoms with E-state index in [1.165, 1.54) is 49.3 Å². The average molecular weight is 563 g/mol. The second kappa shape index (κ2) is 11.2. The van der Waals surface area contributed by atoms with Crippen molar-refractivity contribution in [2.24, 2.45) is 0 Å². The highest BCUT2D eigenvalue weighted by atomic mass is 31.1. The SMILES string of the molecule is CC(C)(C)c1cccc(C(C)(C)C)c1P(c1cccc(-c2ccccc2)c1)c1c(C(C)(C)C)cccc1C(C)(C)C. The van der Waals surface area contributed by atoms with Crippen LogP contribution in [0.4, 0.5) is 0 Å². The van der Waals surface area contributed by atoms with Crippen LogP contribution in [-0.2, 0) is 21.7 Å². The fourth-order valence-electron chi connectivity index (χ4n) is 5.81. The van der Waals surface area contributed by atoms with Gasteiger partial charge in [-0.15, -0.1) is 0 Å². The minimum Gasteiger partial charge on any atom is -0.0622 e. The van der Waals surface area contributed by atoms with Gasteiger partial charge in [-0.2, -0.15) is 0 Å². The molecule has 0 aliphatic carbocycles. The second-order valence-electron chi connectivity index (χ2n) is 15.7. The average Bonchev–Trinajstić information content (AvgIpc) is 2.87. The summed E-state index contributed by atoms with van der Waals surface area (Å²) >= 11 is 0. The Morgan fingerprint density at radius 2 is 0.707 bits per heavy atom. The summed E-state index contributed by atoms with van der Waals surface area (Å²) in [4.78, 5) is 0. The molecule has 0 fully saturated rings. The van der Waals surface area contributed by atoms with Gasteiger partial charge < -0.3 is 0 Å². The lowest BCUT2D eigenvalue weighted by Crippen LogP contribution is -2.39. The maximum atomic E-state index is 2.48. The molecule has 0 aliphatic rings. The quantitative estimate of drug-likeness (QED) is 0.217. The summed E-state index contributed by atoms with van der Waals surface area (Å²) in [5.41, 5.74) is 8.43. The Balaban J connectivity index is 2.25. The molecule has 0 N–H and O–H groups in total. The van der Waals surface area contributed by atoms with Crippen molar-refractivity contribution in [1.29, 1.82) is 0 Å². The van der Waals surface area contributed by atoms with E-state index in [1.54, 1.807) is 0 Å². The van der Waals surface area contributed by atoms with Gasteiger partial charge in [0.25, 0.3) is 0 Å². The maximum Gasteiger partial charge on any atom is -0.00761 e. The van der Waals surface area contributed by atoms with E-state index in [0.717, 1.165) is 0 Å². The first kappa shape index (κ1) is 31.3. The minimum atomic E-state index is -0.893. The van der Waals surface area contributed by atoms with E-state index in [0.29, 0.717) is 0 Å². The molecule has 0 saturated carbocycles. The highest BCUT2D eigenvalue weighted by Crippen LogP contribution is 2.46. The van der Waals surface area contributed by atoms with E-state index in [9.17, 15) is 0 Å². The maximum absolute atomic E-state index is 2.48. The zero-order valence-electron chi connectivity index (χ0n) is 27.6. The van der Waals surface area contributed by atoms with Gasteiger partial charge in [-0.05, 0) is 84.9 Å². The summed E-state index contributed by atoms with van der Waals surface area (Å²) < 4.78 is 0. The minimum absolute atomic E-state index is 0.00674. The Labute approximate surface area is 252 Å². The first-order valence-electron chi connectivity index (χ1n) is 15.1. The molecule has 4 rings (SSSR count). The van der Waals surface area contributed by atoms with Gasteiger partial charge in [0.05, 0.1) is 0 Å². The predicted molar refractivity (Wildman–Crippen MR) is 185 cm³/mol. The third-order valence-electron chi connectivity index (χ3n) is 7.96. The zero-order valence-corrected chi connectivity index (χ0v) is 28.5. The summed E-state index contributed by atoms with van der Waals surface area (Å²) in [5.74, 6) is 0. The van der Waals surface area contributed by atoms with Crippen molar-refractivity contribution in [2.75, 3.05) is 0 Å². The van der Waals surface area contributed by atoms with Crippen molar-refractivity contribution in [3.05, 3.63) is 113 Å². The van der Waals surface area contributed by atoms with Crippen LogP contribution in [0.2, 0.25) is 0 Å². The summed E-state index contributed by atoms with van der Waals surface area (Å²) in [6, 6.07) is 34.5. The van der Waals surface area contributed by atoms with Crippen molar-refractivity contribution in [3.63, 3.8) is 0 Å². The van der Waals surface area contributed by atoms with Crippen LogP contribution in [0.1, 0.15) is 105 Å². The Morgan fingerprint density at radius 1 is 0.366 bits per heavy atom. The van der Waals surface area contributed by atoms with Gasteiger partial charge in [0.1, 0.15) is 0 Å². The Hall–Kier alpha value is -2.69. The van der Waals surface area contributed by atoms with Crippen molar-refractivity contribution in [2.45, 2.75) is 105 Å². The van der Waals surface area contributed by atoms with Gasteiger partial charge >= 0.3 is 0 Å². The summed E-state index contributed by atoms with van der Waals surface area (Å²) in [6.45, 7) is 28.6. The summed E-state index contributed by atoms with van der Waals surface area (Å²) in [5, 5.41) is 4.50. The number of rotatable bonds is 4. The molecule has 0 radical (unpaired) electrons. The van der Waals surface area contributed by atoms with Crippen LogP contribution < -0.4 is 15.9 Å². The van der Waals surface area contributed by atoms with Crippen LogP contribution >= 0.6 is 7.92 Å². The standard InChI is InChI=1S/C40H51P/c1-37(2,3)31-23-17-24-32(38(4,5)6)35(31)41(30-22-16-21-29(27-30)28-19-14-13-15-20-28)36-33(39(7,8)9)25-18-26-34(36)40(10,11)12/h13-27H,1-12H3. The van der Waals surface area contributed by atoms with Crippen LogP contribution in [0.3, 0.4) is 0 Å². The summed E-state index contributed by atoms with van der Waals surface area (Å²) in [7, 11) is -0.893. The molecule has 0 spiro atoms. The van der Waals surface area contributed by atoms with E-state index >= 15 is 0 Å². The van der Waals surface area contributed by atoms with E-state index < -0.39 is 7.92 Å². The van der Waals surface area contributed by atoms with Gasteiger partial charge in [0.2, 0.25) is 0 Å². The molecule has 216 valence electrons. The van der Waals surface area contributed by atoms with Crippen molar-refractivity contribution >= 4 is 23.8 Å². The molecule has 1 heteroatoms. The second-order valence-corrected chi connectivity index (χ2v) is 17.7. The largest absolute Gasteiger partial charge is 0.0622 e. The van der Waals surface area contributed by atoms with Gasteiger partial charge in [-0.25, -0.2) is 0 Å². The molecule has 4 aromatic carbocycles. The third-order valence-corrected chi connectivity index (χ3v) is 10.6. The lowest BCUT2D eigenvalue weighted by molar-refractivity contribution is 0.574. The van der Waals surface area contributed by atoms with E-state index in [2.05, 4.69) is 174 Å². The molecule has 0 amide bonds. The van der Waals surface area contributed by atoms with Crippen LogP contribution in [0, 0.1) is 0 Å². The van der Waals surface area contributed by atoms with Gasteiger partial charge in [0.15, 0.2) is 0 Å². The molecule has 0 nitrogen and oxygen atoms in total. The van der Waals surface area contributed by atoms with Crippen LogP contribution in [0.15, 0.2) is 91.0 Å². The fraction of sp³-hybridized carbons (Fsp3) is 0.400. The molecular formula is C40H51P. The molecule has 0 aromatic heterocycles. The monoisotopic (exact) mass is 562 g/mol. The van der Waals surface area contributed by atoms with Crippen molar-refractivity contribution in [3.8, 4) is 11.1 Å². The molecule has 0 bridgehead atoms. The van der Waals surface area contributed by atoms with Gasteiger partial charge in [-0.1, -0.05) is 168 Å². The molecule has 41 heavy (non-hydrogen) atoms. The lowest BCUT2D eigenvalue weighted by atomic mass is 9.80. The zero-order chi connectivity index (χ0) is 30.4. The van der Waals surface area contributed by atoms with Gasteiger partial charge in [0, 0.05) is 0 Å². The van der Waals surface area contributed by atoms with Crippen LogP contribution in [0.5, 0.6) is 0 Å². The molecular weight excluding hydrogens is 511 g/mol. The van der Waals surface area contributed by atoms with Crippen LogP contribution in [-0.4, -0.2) is 0 Å². The molecule has 0 aliphatic heterocycles. The molecule has 0 heterocycles. The van der Waals surface area contributed by atoms with E-state index in [-0.39, 0.29) is 21.7 Å². The summed E-state index contributed by atoms with van der Waals surface area (Å²) in [6.07, 6.45) is 0. The Kier molecular flexibility index (Phi) is 8.53. The number of hydrogen-bond acceptors (Lipinski definition) is 0. The molecule has 0 atom stereocenters. The lowest BCUT2D eigenvalue weighted by Gasteiger charge is -2.39. The Bertz CT molecular complexity index is 1360. The molecule has 0 saturated heterocycles. The van der Waals surface area contributed by atoms with Crippen molar-refractivity contribution < 1.29 is 0 Å².